The van der Waals surface area contributed by atoms with Crippen molar-refractivity contribution in [2.24, 2.45) is 0 Å². The van der Waals surface area contributed by atoms with Crippen molar-refractivity contribution in [3.63, 3.8) is 0 Å². The number of nitrogens with zero attached hydrogens (tertiary/aromatic N) is 1. The summed E-state index contributed by atoms with van der Waals surface area (Å²) in [5.74, 6) is 0.649. The SMILES string of the molecule is C=CCNC(=O)[C@H]1N(Cl)CSC1(C)C. The molecule has 0 spiro atoms. The van der Waals surface area contributed by atoms with Gasteiger partial charge < -0.3 is 5.32 Å². The first-order valence-corrected chi connectivity index (χ1v) is 5.76. The van der Waals surface area contributed by atoms with Gasteiger partial charge in [0.1, 0.15) is 6.04 Å². The van der Waals surface area contributed by atoms with Crippen molar-refractivity contribution in [3.05, 3.63) is 12.7 Å². The van der Waals surface area contributed by atoms with Crippen molar-refractivity contribution in [1.82, 2.24) is 9.74 Å². The van der Waals surface area contributed by atoms with Gasteiger partial charge in [0.25, 0.3) is 0 Å². The zero-order valence-electron chi connectivity index (χ0n) is 8.42. The molecule has 0 saturated carbocycles. The maximum absolute atomic E-state index is 11.7. The fraction of sp³-hybridized carbons (Fsp3) is 0.667. The first-order valence-electron chi connectivity index (χ1n) is 4.44. The lowest BCUT2D eigenvalue weighted by atomic mass is 10.0. The van der Waals surface area contributed by atoms with Crippen LogP contribution in [0.1, 0.15) is 13.8 Å². The second-order valence-electron chi connectivity index (χ2n) is 3.71. The number of hydrogen-bond acceptors (Lipinski definition) is 3. The summed E-state index contributed by atoms with van der Waals surface area (Å²) in [6.07, 6.45) is 1.66. The van der Waals surface area contributed by atoms with Crippen LogP contribution in [0.15, 0.2) is 12.7 Å². The van der Waals surface area contributed by atoms with E-state index in [1.54, 1.807) is 22.3 Å². The monoisotopic (exact) mass is 234 g/mol. The van der Waals surface area contributed by atoms with E-state index in [4.69, 9.17) is 11.8 Å². The number of carbonyl (C=O) groups is 1. The van der Waals surface area contributed by atoms with Gasteiger partial charge in [-0.3, -0.25) is 4.79 Å². The standard InChI is InChI=1S/C9H15ClN2OS/c1-4-5-11-8(13)7-9(2,3)14-6-12(7)10/h4,7H,1,5-6H2,2-3H3,(H,11,13)/t7-/m1/s1. The van der Waals surface area contributed by atoms with Crippen molar-refractivity contribution in [2.75, 3.05) is 12.4 Å². The molecule has 1 fully saturated rings. The Morgan fingerprint density at radius 1 is 1.86 bits per heavy atom. The highest BCUT2D eigenvalue weighted by molar-refractivity contribution is 8.00. The Hall–Kier alpha value is -0.190. The average molecular weight is 235 g/mol. The summed E-state index contributed by atoms with van der Waals surface area (Å²) in [7, 11) is 0. The fourth-order valence-electron chi connectivity index (χ4n) is 1.43. The summed E-state index contributed by atoms with van der Waals surface area (Å²) in [6.45, 7) is 8.09. The molecule has 0 aromatic heterocycles. The van der Waals surface area contributed by atoms with Gasteiger partial charge in [-0.25, -0.2) is 0 Å². The maximum Gasteiger partial charge on any atom is 0.240 e. The van der Waals surface area contributed by atoms with E-state index < -0.39 is 0 Å². The van der Waals surface area contributed by atoms with E-state index >= 15 is 0 Å². The molecule has 0 aromatic rings. The molecule has 0 aromatic carbocycles. The van der Waals surface area contributed by atoms with Gasteiger partial charge in [0.2, 0.25) is 5.91 Å². The molecule has 0 radical (unpaired) electrons. The normalized spacial score (nSPS) is 26.1. The highest BCUT2D eigenvalue weighted by Crippen LogP contribution is 2.40. The van der Waals surface area contributed by atoms with Crippen molar-refractivity contribution in [2.45, 2.75) is 24.6 Å². The van der Waals surface area contributed by atoms with Gasteiger partial charge in [-0.15, -0.1) is 18.3 Å². The molecule has 80 valence electrons. The Balaban J connectivity index is 2.64. The molecule has 0 aliphatic carbocycles. The number of thioether (sulfide) groups is 1. The summed E-state index contributed by atoms with van der Waals surface area (Å²) >= 11 is 7.65. The molecule has 1 saturated heterocycles. The molecule has 5 heteroatoms. The van der Waals surface area contributed by atoms with Crippen molar-refractivity contribution >= 4 is 29.4 Å². The van der Waals surface area contributed by atoms with Crippen LogP contribution in [-0.4, -0.2) is 33.5 Å². The lowest BCUT2D eigenvalue weighted by molar-refractivity contribution is -0.124. The van der Waals surface area contributed by atoms with Crippen LogP contribution < -0.4 is 5.32 Å². The number of halogens is 1. The Kier molecular flexibility index (Phi) is 3.86. The van der Waals surface area contributed by atoms with Gasteiger partial charge in [0, 0.05) is 11.3 Å². The van der Waals surface area contributed by atoms with Gasteiger partial charge in [0.15, 0.2) is 0 Å². The number of hydrogen-bond donors (Lipinski definition) is 1. The van der Waals surface area contributed by atoms with E-state index in [1.807, 2.05) is 13.8 Å². The zero-order chi connectivity index (χ0) is 10.8. The molecule has 1 aliphatic heterocycles. The van der Waals surface area contributed by atoms with Crippen molar-refractivity contribution in [3.8, 4) is 0 Å². The van der Waals surface area contributed by atoms with Crippen molar-refractivity contribution < 1.29 is 4.79 Å². The van der Waals surface area contributed by atoms with Crippen molar-refractivity contribution in [1.29, 1.82) is 0 Å². The third-order valence-corrected chi connectivity index (χ3v) is 4.00. The van der Waals surface area contributed by atoms with Crippen LogP contribution in [-0.2, 0) is 4.79 Å². The number of carbonyl (C=O) groups excluding carboxylic acids is 1. The molecule has 1 aliphatic rings. The Bertz CT molecular complexity index is 245. The van der Waals surface area contributed by atoms with E-state index in [0.717, 1.165) is 0 Å². The van der Waals surface area contributed by atoms with E-state index in [0.29, 0.717) is 12.4 Å². The molecule has 3 nitrogen and oxygen atoms in total. The second-order valence-corrected chi connectivity index (χ2v) is 5.75. The molecule has 1 N–H and O–H groups in total. The van der Waals surface area contributed by atoms with E-state index in [9.17, 15) is 4.79 Å². The summed E-state index contributed by atoms with van der Waals surface area (Å²) in [5, 5.41) is 2.76. The Morgan fingerprint density at radius 3 is 2.93 bits per heavy atom. The van der Waals surface area contributed by atoms with E-state index in [2.05, 4.69) is 11.9 Å². The minimum Gasteiger partial charge on any atom is -0.351 e. The lowest BCUT2D eigenvalue weighted by Crippen LogP contribution is -2.48. The largest absolute Gasteiger partial charge is 0.351 e. The lowest BCUT2D eigenvalue weighted by Gasteiger charge is -2.26. The Morgan fingerprint density at radius 2 is 2.50 bits per heavy atom. The highest BCUT2D eigenvalue weighted by Gasteiger charge is 2.45. The van der Waals surface area contributed by atoms with Crippen LogP contribution in [0.4, 0.5) is 0 Å². The quantitative estimate of drug-likeness (QED) is 0.595. The van der Waals surface area contributed by atoms with Gasteiger partial charge >= 0.3 is 0 Å². The van der Waals surface area contributed by atoms with Gasteiger partial charge in [-0.2, -0.15) is 4.42 Å². The smallest absolute Gasteiger partial charge is 0.240 e. The molecular formula is C9H15ClN2OS. The van der Waals surface area contributed by atoms with Gasteiger partial charge in [0.05, 0.1) is 5.88 Å². The topological polar surface area (TPSA) is 32.3 Å². The molecule has 14 heavy (non-hydrogen) atoms. The van der Waals surface area contributed by atoms with Crippen LogP contribution in [0, 0.1) is 0 Å². The first-order chi connectivity index (χ1) is 6.49. The molecule has 1 atom stereocenters. The molecule has 1 heterocycles. The minimum atomic E-state index is -0.269. The average Bonchev–Trinajstić information content (AvgIpc) is 2.37. The zero-order valence-corrected chi connectivity index (χ0v) is 9.99. The van der Waals surface area contributed by atoms with E-state index in [-0.39, 0.29) is 16.7 Å². The Labute approximate surface area is 94.0 Å². The number of amides is 1. The maximum atomic E-state index is 11.7. The number of rotatable bonds is 3. The third-order valence-electron chi connectivity index (χ3n) is 2.17. The molecule has 0 bridgehead atoms. The summed E-state index contributed by atoms with van der Waals surface area (Å²) in [5.41, 5.74) is 0. The highest BCUT2D eigenvalue weighted by atomic mass is 35.5. The molecule has 1 rings (SSSR count). The van der Waals surface area contributed by atoms with Gasteiger partial charge in [-0.05, 0) is 25.6 Å². The van der Waals surface area contributed by atoms with Crippen LogP contribution >= 0.6 is 23.5 Å². The number of nitrogens with one attached hydrogen (secondary N) is 1. The minimum absolute atomic E-state index is 0.0325. The van der Waals surface area contributed by atoms with E-state index in [1.165, 1.54) is 0 Å². The summed E-state index contributed by atoms with van der Waals surface area (Å²) in [6, 6.07) is -0.269. The molecular weight excluding hydrogens is 220 g/mol. The van der Waals surface area contributed by atoms with Crippen LogP contribution in [0.3, 0.4) is 0 Å². The molecule has 1 amide bonds. The fourth-order valence-corrected chi connectivity index (χ4v) is 2.97. The summed E-state index contributed by atoms with van der Waals surface area (Å²) < 4.78 is 1.43. The van der Waals surface area contributed by atoms with Crippen LogP contribution in [0.25, 0.3) is 0 Å². The van der Waals surface area contributed by atoms with Crippen LogP contribution in [0.5, 0.6) is 0 Å². The third kappa shape index (κ3) is 2.43. The second kappa shape index (κ2) is 4.55. The molecule has 0 unspecified atom stereocenters. The predicted molar refractivity (Wildman–Crippen MR) is 61.2 cm³/mol. The van der Waals surface area contributed by atoms with Crippen LogP contribution in [0.2, 0.25) is 0 Å². The first kappa shape index (κ1) is 11.9. The van der Waals surface area contributed by atoms with Gasteiger partial charge in [-0.1, -0.05) is 6.08 Å². The predicted octanol–water partition coefficient (Wildman–Crippen LogP) is 1.60. The summed E-state index contributed by atoms with van der Waals surface area (Å²) in [4.78, 5) is 11.7.